The van der Waals surface area contributed by atoms with Crippen molar-refractivity contribution >= 4 is 11.8 Å². The summed E-state index contributed by atoms with van der Waals surface area (Å²) in [4.78, 5) is 1.47. The maximum absolute atomic E-state index is 4.24. The van der Waals surface area contributed by atoms with Gasteiger partial charge >= 0.3 is 0 Å². The molecular formula is C13H24S. The standard InChI is InChI=1S/C13H24S/c1-3-4-8-11-14-12(2)13-9-6-5-7-10-13/h13H,2-11H2,1H3. The predicted molar refractivity (Wildman–Crippen MR) is 67.7 cm³/mol. The molecule has 0 amide bonds. The molecule has 0 spiro atoms. The van der Waals surface area contributed by atoms with Crippen LogP contribution in [0.4, 0.5) is 0 Å². The number of hydrogen-bond donors (Lipinski definition) is 0. The van der Waals surface area contributed by atoms with Crippen LogP contribution < -0.4 is 0 Å². The van der Waals surface area contributed by atoms with Crippen LogP contribution in [-0.4, -0.2) is 5.75 Å². The number of thioether (sulfide) groups is 1. The van der Waals surface area contributed by atoms with E-state index in [1.165, 1.54) is 62.0 Å². The Morgan fingerprint density at radius 1 is 1.21 bits per heavy atom. The minimum absolute atomic E-state index is 0.843. The van der Waals surface area contributed by atoms with Crippen LogP contribution in [0.1, 0.15) is 58.3 Å². The Morgan fingerprint density at radius 3 is 2.57 bits per heavy atom. The minimum Gasteiger partial charge on any atom is -0.131 e. The Hall–Kier alpha value is 0.0900. The molecule has 1 rings (SSSR count). The van der Waals surface area contributed by atoms with E-state index in [4.69, 9.17) is 0 Å². The van der Waals surface area contributed by atoms with Gasteiger partial charge < -0.3 is 0 Å². The van der Waals surface area contributed by atoms with E-state index in [0.29, 0.717) is 0 Å². The number of hydrogen-bond acceptors (Lipinski definition) is 1. The average Bonchev–Trinajstić information content (AvgIpc) is 2.25. The molecule has 0 aromatic rings. The molecule has 82 valence electrons. The summed E-state index contributed by atoms with van der Waals surface area (Å²) >= 11 is 2.03. The second-order valence-corrected chi connectivity index (χ2v) is 5.58. The highest BCUT2D eigenvalue weighted by Crippen LogP contribution is 2.34. The van der Waals surface area contributed by atoms with Crippen LogP contribution in [0.5, 0.6) is 0 Å². The van der Waals surface area contributed by atoms with Crippen molar-refractivity contribution in [2.75, 3.05) is 5.75 Å². The van der Waals surface area contributed by atoms with Crippen LogP contribution in [-0.2, 0) is 0 Å². The lowest BCUT2D eigenvalue weighted by Crippen LogP contribution is -2.06. The van der Waals surface area contributed by atoms with E-state index in [1.54, 1.807) is 0 Å². The molecule has 1 fully saturated rings. The van der Waals surface area contributed by atoms with E-state index in [2.05, 4.69) is 13.5 Å². The van der Waals surface area contributed by atoms with Gasteiger partial charge in [-0.25, -0.2) is 0 Å². The van der Waals surface area contributed by atoms with E-state index in [1.807, 2.05) is 11.8 Å². The largest absolute Gasteiger partial charge is 0.131 e. The Balaban J connectivity index is 2.07. The molecule has 0 N–H and O–H groups in total. The highest BCUT2D eigenvalue weighted by atomic mass is 32.2. The van der Waals surface area contributed by atoms with Crippen molar-refractivity contribution in [1.29, 1.82) is 0 Å². The third kappa shape index (κ3) is 4.54. The molecule has 1 aliphatic rings. The molecule has 0 aromatic carbocycles. The normalized spacial score (nSPS) is 18.4. The van der Waals surface area contributed by atoms with Crippen LogP contribution in [0.2, 0.25) is 0 Å². The highest BCUT2D eigenvalue weighted by Gasteiger charge is 2.16. The minimum atomic E-state index is 0.843. The van der Waals surface area contributed by atoms with Crippen LogP contribution in [0, 0.1) is 5.92 Å². The Morgan fingerprint density at radius 2 is 1.93 bits per heavy atom. The Labute approximate surface area is 93.5 Å². The first-order valence-electron chi connectivity index (χ1n) is 6.16. The van der Waals surface area contributed by atoms with Gasteiger partial charge in [0.05, 0.1) is 0 Å². The van der Waals surface area contributed by atoms with Crippen molar-refractivity contribution < 1.29 is 0 Å². The van der Waals surface area contributed by atoms with Crippen molar-refractivity contribution in [2.24, 2.45) is 5.92 Å². The summed E-state index contributed by atoms with van der Waals surface area (Å²) in [5, 5.41) is 0. The molecule has 0 atom stereocenters. The smallest absolute Gasteiger partial charge is 0.00233 e. The fraction of sp³-hybridized carbons (Fsp3) is 0.846. The zero-order valence-corrected chi connectivity index (χ0v) is 10.4. The molecule has 0 unspecified atom stereocenters. The summed E-state index contributed by atoms with van der Waals surface area (Å²) in [5.74, 6) is 2.14. The molecular weight excluding hydrogens is 188 g/mol. The zero-order chi connectivity index (χ0) is 10.2. The van der Waals surface area contributed by atoms with E-state index >= 15 is 0 Å². The average molecular weight is 212 g/mol. The van der Waals surface area contributed by atoms with Crippen molar-refractivity contribution in [3.05, 3.63) is 11.5 Å². The molecule has 0 aliphatic heterocycles. The summed E-state index contributed by atoms with van der Waals surface area (Å²) in [6.07, 6.45) is 11.2. The molecule has 0 heterocycles. The molecule has 1 aliphatic carbocycles. The highest BCUT2D eigenvalue weighted by molar-refractivity contribution is 8.03. The first-order chi connectivity index (χ1) is 6.84. The van der Waals surface area contributed by atoms with Gasteiger partial charge in [0.1, 0.15) is 0 Å². The SMILES string of the molecule is C=C(SCCCCC)C1CCCCC1. The van der Waals surface area contributed by atoms with Gasteiger partial charge in [-0.3, -0.25) is 0 Å². The second-order valence-electron chi connectivity index (χ2n) is 4.36. The van der Waals surface area contributed by atoms with Crippen LogP contribution >= 0.6 is 11.8 Å². The van der Waals surface area contributed by atoms with Crippen molar-refractivity contribution in [1.82, 2.24) is 0 Å². The predicted octanol–water partition coefficient (Wildman–Crippen LogP) is 5.00. The van der Waals surface area contributed by atoms with E-state index < -0.39 is 0 Å². The van der Waals surface area contributed by atoms with Gasteiger partial charge in [0, 0.05) is 0 Å². The quantitative estimate of drug-likeness (QED) is 0.558. The monoisotopic (exact) mass is 212 g/mol. The molecule has 14 heavy (non-hydrogen) atoms. The zero-order valence-electron chi connectivity index (χ0n) is 9.56. The lowest BCUT2D eigenvalue weighted by atomic mass is 9.89. The van der Waals surface area contributed by atoms with E-state index in [0.717, 1.165) is 5.92 Å². The topological polar surface area (TPSA) is 0 Å². The summed E-state index contributed by atoms with van der Waals surface area (Å²) in [7, 11) is 0. The van der Waals surface area contributed by atoms with E-state index in [-0.39, 0.29) is 0 Å². The summed E-state index contributed by atoms with van der Waals surface area (Å²) < 4.78 is 0. The number of rotatable bonds is 6. The maximum Gasteiger partial charge on any atom is -0.00233 e. The van der Waals surface area contributed by atoms with Gasteiger partial charge in [0.25, 0.3) is 0 Å². The third-order valence-electron chi connectivity index (χ3n) is 3.10. The molecule has 0 aromatic heterocycles. The first-order valence-corrected chi connectivity index (χ1v) is 7.14. The lowest BCUT2D eigenvalue weighted by Gasteiger charge is -2.23. The van der Waals surface area contributed by atoms with Crippen molar-refractivity contribution in [3.63, 3.8) is 0 Å². The van der Waals surface area contributed by atoms with E-state index in [9.17, 15) is 0 Å². The summed E-state index contributed by atoms with van der Waals surface area (Å²) in [6.45, 7) is 6.50. The molecule has 0 bridgehead atoms. The summed E-state index contributed by atoms with van der Waals surface area (Å²) in [5.41, 5.74) is 0. The number of allylic oxidation sites excluding steroid dienone is 1. The van der Waals surface area contributed by atoms with Crippen LogP contribution in [0.25, 0.3) is 0 Å². The fourth-order valence-corrected chi connectivity index (χ4v) is 3.18. The van der Waals surface area contributed by atoms with Gasteiger partial charge in [-0.2, -0.15) is 0 Å². The Kier molecular flexibility index (Phi) is 6.42. The van der Waals surface area contributed by atoms with Crippen LogP contribution in [0.3, 0.4) is 0 Å². The van der Waals surface area contributed by atoms with Crippen LogP contribution in [0.15, 0.2) is 11.5 Å². The van der Waals surface area contributed by atoms with Gasteiger partial charge in [-0.05, 0) is 35.8 Å². The van der Waals surface area contributed by atoms with Crippen molar-refractivity contribution in [3.8, 4) is 0 Å². The molecule has 0 radical (unpaired) electrons. The third-order valence-corrected chi connectivity index (χ3v) is 4.29. The Bertz CT molecular complexity index is 157. The molecule has 0 saturated heterocycles. The molecule has 1 saturated carbocycles. The lowest BCUT2D eigenvalue weighted by molar-refractivity contribution is 0.415. The summed E-state index contributed by atoms with van der Waals surface area (Å²) in [6, 6.07) is 0. The number of unbranched alkanes of at least 4 members (excludes halogenated alkanes) is 2. The van der Waals surface area contributed by atoms with Crippen molar-refractivity contribution in [2.45, 2.75) is 58.3 Å². The van der Waals surface area contributed by atoms with Gasteiger partial charge in [0.2, 0.25) is 0 Å². The van der Waals surface area contributed by atoms with Gasteiger partial charge in [-0.1, -0.05) is 45.6 Å². The second kappa shape index (κ2) is 7.39. The van der Waals surface area contributed by atoms with Gasteiger partial charge in [0.15, 0.2) is 0 Å². The maximum atomic E-state index is 4.24. The first kappa shape index (κ1) is 12.2. The molecule has 1 heteroatoms. The fourth-order valence-electron chi connectivity index (χ4n) is 2.10. The van der Waals surface area contributed by atoms with Gasteiger partial charge in [-0.15, -0.1) is 11.8 Å². The molecule has 0 nitrogen and oxygen atoms in total.